The molecule has 3 aromatic rings. The van der Waals surface area contributed by atoms with E-state index in [1.165, 1.54) is 13.2 Å². The van der Waals surface area contributed by atoms with Crippen LogP contribution in [0.5, 0.6) is 17.2 Å². The molecule has 0 spiro atoms. The molecule has 4 N–H and O–H groups in total. The lowest BCUT2D eigenvalue weighted by atomic mass is 10.2. The number of carboxylic acids is 1. The Bertz CT molecular complexity index is 1040. The van der Waals surface area contributed by atoms with Gasteiger partial charge in [0.1, 0.15) is 5.52 Å². The molecular formula is C19H20N4O5. The number of nitrogen functional groups attached to an aromatic ring is 1. The van der Waals surface area contributed by atoms with Gasteiger partial charge in [0.2, 0.25) is 5.95 Å². The van der Waals surface area contributed by atoms with Crippen molar-refractivity contribution in [2.75, 3.05) is 19.4 Å². The molecule has 9 heteroatoms. The van der Waals surface area contributed by atoms with E-state index in [4.69, 9.17) is 20.3 Å². The number of hydrogen-bond donors (Lipinski definition) is 3. The van der Waals surface area contributed by atoms with Crippen molar-refractivity contribution in [1.29, 1.82) is 0 Å². The summed E-state index contributed by atoms with van der Waals surface area (Å²) >= 11 is 0. The van der Waals surface area contributed by atoms with Crippen LogP contribution in [0.3, 0.4) is 0 Å². The van der Waals surface area contributed by atoms with E-state index in [0.717, 1.165) is 5.52 Å². The van der Waals surface area contributed by atoms with Crippen molar-refractivity contribution in [1.82, 2.24) is 14.9 Å². The van der Waals surface area contributed by atoms with Crippen molar-refractivity contribution < 1.29 is 24.2 Å². The van der Waals surface area contributed by atoms with Gasteiger partial charge in [0.15, 0.2) is 17.2 Å². The third-order valence-electron chi connectivity index (χ3n) is 4.18. The van der Waals surface area contributed by atoms with Crippen LogP contribution in [-0.4, -0.2) is 40.2 Å². The van der Waals surface area contributed by atoms with E-state index in [1.54, 1.807) is 22.8 Å². The Labute approximate surface area is 160 Å². The van der Waals surface area contributed by atoms with Gasteiger partial charge in [0.05, 0.1) is 19.0 Å². The monoisotopic (exact) mass is 384 g/mol. The number of aromatic nitrogens is 2. The van der Waals surface area contributed by atoms with E-state index in [2.05, 4.69) is 10.3 Å². The maximum Gasteiger partial charge on any atom is 0.305 e. The topological polar surface area (TPSA) is 129 Å². The number of amides is 1. The molecule has 1 heterocycles. The maximum atomic E-state index is 12.2. The molecule has 0 fully saturated rings. The molecule has 28 heavy (non-hydrogen) atoms. The zero-order chi connectivity index (χ0) is 20.3. The van der Waals surface area contributed by atoms with E-state index in [9.17, 15) is 9.59 Å². The van der Waals surface area contributed by atoms with Gasteiger partial charge in [0.25, 0.3) is 5.91 Å². The number of nitrogens with zero attached hydrogens (tertiary/aromatic N) is 2. The van der Waals surface area contributed by atoms with Crippen LogP contribution in [0.25, 0.3) is 11.0 Å². The van der Waals surface area contributed by atoms with Crippen molar-refractivity contribution in [2.24, 2.45) is 7.05 Å². The Kier molecular flexibility index (Phi) is 5.35. The van der Waals surface area contributed by atoms with E-state index in [-0.39, 0.29) is 13.0 Å². The van der Waals surface area contributed by atoms with E-state index >= 15 is 0 Å². The number of carbonyl (C=O) groups excluding carboxylic acids is 1. The van der Waals surface area contributed by atoms with Gasteiger partial charge in [-0.15, -0.1) is 0 Å². The smallest absolute Gasteiger partial charge is 0.305 e. The number of carbonyl (C=O) groups is 2. The molecule has 0 radical (unpaired) electrons. The van der Waals surface area contributed by atoms with Crippen molar-refractivity contribution in [3.63, 3.8) is 0 Å². The standard InChI is InChI=1S/C19H20N4O5/c1-23-12-4-3-5-14(17(12)22-19(23)20)28-13-7-6-11(10-15(13)27-2)18(26)21-9-8-16(24)25/h3-7,10H,8-9H2,1-2H3,(H2,20,22)(H,21,26)(H,24,25). The van der Waals surface area contributed by atoms with E-state index < -0.39 is 11.9 Å². The Morgan fingerprint density at radius 2 is 2.00 bits per heavy atom. The minimum atomic E-state index is -0.981. The summed E-state index contributed by atoms with van der Waals surface area (Å²) in [5.41, 5.74) is 7.64. The number of methoxy groups -OCH3 is 1. The highest BCUT2D eigenvalue weighted by Crippen LogP contribution is 2.35. The number of rotatable bonds is 7. The van der Waals surface area contributed by atoms with E-state index in [1.807, 2.05) is 19.2 Å². The molecule has 9 nitrogen and oxygen atoms in total. The second kappa shape index (κ2) is 7.87. The average molecular weight is 384 g/mol. The fourth-order valence-electron chi connectivity index (χ4n) is 2.69. The Balaban J connectivity index is 1.84. The average Bonchev–Trinajstić information content (AvgIpc) is 2.97. The Morgan fingerprint density at radius 3 is 2.71 bits per heavy atom. The first-order valence-corrected chi connectivity index (χ1v) is 8.47. The molecule has 0 atom stereocenters. The molecule has 0 bridgehead atoms. The van der Waals surface area contributed by atoms with Crippen LogP contribution in [0.2, 0.25) is 0 Å². The molecule has 0 unspecified atom stereocenters. The van der Waals surface area contributed by atoms with Crippen molar-refractivity contribution in [3.8, 4) is 17.2 Å². The summed E-state index contributed by atoms with van der Waals surface area (Å²) in [5, 5.41) is 11.2. The number of benzene rings is 2. The quantitative estimate of drug-likeness (QED) is 0.569. The Hall–Kier alpha value is -3.75. The van der Waals surface area contributed by atoms with Gasteiger partial charge in [-0.3, -0.25) is 9.59 Å². The van der Waals surface area contributed by atoms with Gasteiger partial charge in [0, 0.05) is 19.2 Å². The number of para-hydroxylation sites is 1. The Morgan fingerprint density at radius 1 is 1.21 bits per heavy atom. The summed E-state index contributed by atoms with van der Waals surface area (Å²) in [5.74, 6) is 0.248. The zero-order valence-corrected chi connectivity index (χ0v) is 15.4. The summed E-state index contributed by atoms with van der Waals surface area (Å²) in [6, 6.07) is 10.2. The number of fused-ring (bicyclic) bond motifs is 1. The first kappa shape index (κ1) is 19.0. The number of nitrogens with two attached hydrogens (primary N) is 1. The lowest BCUT2D eigenvalue weighted by molar-refractivity contribution is -0.136. The molecule has 1 aromatic heterocycles. The zero-order valence-electron chi connectivity index (χ0n) is 15.4. The minimum absolute atomic E-state index is 0.0395. The lowest BCUT2D eigenvalue weighted by Gasteiger charge is -2.12. The van der Waals surface area contributed by atoms with Crippen molar-refractivity contribution in [2.45, 2.75) is 6.42 Å². The van der Waals surface area contributed by atoms with Crippen LogP contribution < -0.4 is 20.5 Å². The van der Waals surface area contributed by atoms with Crippen molar-refractivity contribution >= 4 is 28.9 Å². The van der Waals surface area contributed by atoms with Crippen molar-refractivity contribution in [3.05, 3.63) is 42.0 Å². The third kappa shape index (κ3) is 3.83. The number of imidazole rings is 1. The van der Waals surface area contributed by atoms with Gasteiger partial charge in [-0.1, -0.05) is 6.07 Å². The fourth-order valence-corrected chi connectivity index (χ4v) is 2.69. The highest BCUT2D eigenvalue weighted by molar-refractivity contribution is 5.95. The lowest BCUT2D eigenvalue weighted by Crippen LogP contribution is -2.25. The molecule has 0 aliphatic heterocycles. The van der Waals surface area contributed by atoms with Crippen LogP contribution in [0.15, 0.2) is 36.4 Å². The molecule has 2 aromatic carbocycles. The molecule has 146 valence electrons. The number of aliphatic carboxylic acids is 1. The highest BCUT2D eigenvalue weighted by atomic mass is 16.5. The van der Waals surface area contributed by atoms with Crippen LogP contribution in [0, 0.1) is 0 Å². The van der Waals surface area contributed by atoms with Gasteiger partial charge < -0.3 is 30.2 Å². The summed E-state index contributed by atoms with van der Waals surface area (Å²) < 4.78 is 13.1. The van der Waals surface area contributed by atoms with Gasteiger partial charge >= 0.3 is 5.97 Å². The molecule has 1 amide bonds. The third-order valence-corrected chi connectivity index (χ3v) is 4.18. The summed E-state index contributed by atoms with van der Waals surface area (Å²) in [4.78, 5) is 27.0. The normalized spacial score (nSPS) is 10.6. The van der Waals surface area contributed by atoms with Crippen LogP contribution in [0.4, 0.5) is 5.95 Å². The number of aryl methyl sites for hydroxylation is 1. The van der Waals surface area contributed by atoms with E-state index in [0.29, 0.717) is 34.3 Å². The molecule has 3 rings (SSSR count). The largest absolute Gasteiger partial charge is 0.493 e. The van der Waals surface area contributed by atoms with Crippen LogP contribution in [-0.2, 0) is 11.8 Å². The fraction of sp³-hybridized carbons (Fsp3) is 0.211. The molecule has 0 saturated heterocycles. The minimum Gasteiger partial charge on any atom is -0.493 e. The number of ether oxygens (including phenoxy) is 2. The number of nitrogens with one attached hydrogen (secondary N) is 1. The predicted molar refractivity (Wildman–Crippen MR) is 103 cm³/mol. The van der Waals surface area contributed by atoms with Crippen LogP contribution in [0.1, 0.15) is 16.8 Å². The molecule has 0 aliphatic rings. The summed E-state index contributed by atoms with van der Waals surface area (Å²) in [6.45, 7) is 0.0395. The van der Waals surface area contributed by atoms with Gasteiger partial charge in [-0.05, 0) is 30.3 Å². The number of carboxylic acid groups (broad SMARTS) is 1. The first-order chi connectivity index (χ1) is 13.4. The maximum absolute atomic E-state index is 12.2. The molecule has 0 saturated carbocycles. The summed E-state index contributed by atoms with van der Waals surface area (Å²) in [7, 11) is 3.28. The van der Waals surface area contributed by atoms with Crippen LogP contribution >= 0.6 is 0 Å². The first-order valence-electron chi connectivity index (χ1n) is 8.47. The predicted octanol–water partition coefficient (Wildman–Crippen LogP) is 2.16. The highest BCUT2D eigenvalue weighted by Gasteiger charge is 2.15. The second-order valence-electron chi connectivity index (χ2n) is 6.02. The molecular weight excluding hydrogens is 364 g/mol. The number of anilines is 1. The SMILES string of the molecule is COc1cc(C(=O)NCCC(=O)O)ccc1Oc1cccc2c1nc(N)n2C. The van der Waals surface area contributed by atoms with Gasteiger partial charge in [-0.2, -0.15) is 0 Å². The van der Waals surface area contributed by atoms with Gasteiger partial charge in [-0.25, -0.2) is 4.98 Å². The molecule has 0 aliphatic carbocycles. The second-order valence-corrected chi connectivity index (χ2v) is 6.02. The number of hydrogen-bond acceptors (Lipinski definition) is 6. The summed E-state index contributed by atoms with van der Waals surface area (Å²) in [6.07, 6.45) is -0.152.